The van der Waals surface area contributed by atoms with E-state index < -0.39 is 35.3 Å². The molecule has 0 aliphatic carbocycles. The van der Waals surface area contributed by atoms with Gasteiger partial charge < -0.3 is 14.6 Å². The van der Waals surface area contributed by atoms with E-state index in [1.54, 1.807) is 52.0 Å². The zero-order valence-electron chi connectivity index (χ0n) is 21.8. The second kappa shape index (κ2) is 12.6. The van der Waals surface area contributed by atoms with E-state index in [1.807, 2.05) is 30.3 Å². The molecule has 1 N–H and O–H groups in total. The van der Waals surface area contributed by atoms with Gasteiger partial charge in [0.1, 0.15) is 11.3 Å². The van der Waals surface area contributed by atoms with Gasteiger partial charge in [0.2, 0.25) is 0 Å². The third kappa shape index (κ3) is 7.03. The summed E-state index contributed by atoms with van der Waals surface area (Å²) < 4.78 is 11.5. The molecule has 0 fully saturated rings. The molecule has 198 valence electrons. The number of benzene rings is 2. The first-order chi connectivity index (χ1) is 18.1. The fourth-order valence-corrected chi connectivity index (χ4v) is 3.79. The van der Waals surface area contributed by atoms with Crippen molar-refractivity contribution in [3.63, 3.8) is 0 Å². The van der Waals surface area contributed by atoms with Crippen LogP contribution >= 0.6 is 0 Å². The molecule has 2 aromatic carbocycles. The Hall–Kier alpha value is -4.53. The molecular weight excluding hydrogens is 488 g/mol. The number of hydrogen-bond donors (Lipinski definition) is 1. The average Bonchev–Trinajstić information content (AvgIpc) is 2.87. The number of rotatable bonds is 10. The van der Waals surface area contributed by atoms with Gasteiger partial charge in [-0.3, -0.25) is 9.36 Å². The van der Waals surface area contributed by atoms with Gasteiger partial charge >= 0.3 is 17.6 Å². The molecule has 0 saturated heterocycles. The quantitative estimate of drug-likeness (QED) is 0.186. The highest BCUT2D eigenvalue weighted by Crippen LogP contribution is 2.18. The van der Waals surface area contributed by atoms with Crippen molar-refractivity contribution in [3.05, 3.63) is 105 Å². The molecule has 0 saturated carbocycles. The number of esters is 2. The van der Waals surface area contributed by atoms with Crippen molar-refractivity contribution in [2.45, 2.75) is 46.8 Å². The predicted octanol–water partition coefficient (Wildman–Crippen LogP) is 3.79. The Bertz CT molecular complexity index is 1410. The maximum absolute atomic E-state index is 13.0. The zero-order valence-corrected chi connectivity index (χ0v) is 21.8. The summed E-state index contributed by atoms with van der Waals surface area (Å²) in [5.41, 5.74) is 2.40. The van der Waals surface area contributed by atoms with Crippen molar-refractivity contribution in [1.82, 2.24) is 9.55 Å². The minimum absolute atomic E-state index is 0.111. The van der Waals surface area contributed by atoms with Crippen LogP contribution in [0.4, 0.5) is 0 Å². The fourth-order valence-electron chi connectivity index (χ4n) is 3.79. The Labute approximate surface area is 220 Å². The zero-order chi connectivity index (χ0) is 27.8. The van der Waals surface area contributed by atoms with Gasteiger partial charge in [-0.2, -0.15) is 4.98 Å². The molecule has 0 unspecified atom stereocenters. The van der Waals surface area contributed by atoms with Crippen LogP contribution in [-0.4, -0.2) is 45.1 Å². The summed E-state index contributed by atoms with van der Waals surface area (Å²) in [5.74, 6) is -2.98. The second-order valence-corrected chi connectivity index (χ2v) is 8.82. The molecule has 0 aliphatic rings. The second-order valence-electron chi connectivity index (χ2n) is 8.82. The molecule has 38 heavy (non-hydrogen) atoms. The number of hydrogen-bond acceptors (Lipinski definition) is 8. The summed E-state index contributed by atoms with van der Waals surface area (Å²) in [6.45, 7) is 6.90. The monoisotopic (exact) mass is 518 g/mol. The van der Waals surface area contributed by atoms with Gasteiger partial charge in [0.25, 0.3) is 5.78 Å². The molecule has 3 aromatic rings. The maximum atomic E-state index is 13.0. The van der Waals surface area contributed by atoms with Gasteiger partial charge in [-0.25, -0.2) is 14.4 Å². The fraction of sp³-hybridized carbons (Fsp3) is 0.276. The summed E-state index contributed by atoms with van der Waals surface area (Å²) in [6, 6.07) is 15.8. The van der Waals surface area contributed by atoms with Crippen LogP contribution in [0.2, 0.25) is 0 Å². The number of carbonyl (C=O) groups is 3. The van der Waals surface area contributed by atoms with Gasteiger partial charge in [0.15, 0.2) is 0 Å². The summed E-state index contributed by atoms with van der Waals surface area (Å²) in [7, 11) is 0. The number of aliphatic hydroxyl groups is 1. The number of carbonyl (C=O) groups excluding carboxylic acids is 3. The number of aromatic nitrogens is 2. The van der Waals surface area contributed by atoms with E-state index in [0.717, 1.165) is 11.6 Å². The molecular formula is C29H30N2O7. The topological polar surface area (TPSA) is 125 Å². The lowest BCUT2D eigenvalue weighted by Gasteiger charge is -2.16. The minimum atomic E-state index is -1.06. The number of ketones is 1. The minimum Gasteiger partial charge on any atom is -0.507 e. The van der Waals surface area contributed by atoms with Crippen LogP contribution < -0.4 is 5.69 Å². The summed E-state index contributed by atoms with van der Waals surface area (Å²) in [5, 5.41) is 10.3. The Morgan fingerprint density at radius 3 is 2.29 bits per heavy atom. The van der Waals surface area contributed by atoms with Crippen molar-refractivity contribution in [2.24, 2.45) is 0 Å². The SMILES string of the molecule is CCOC(=O)c1c(Cc2ccccc2)nc(=O)n(Cc2ccc(C(O)=CC(=O)C(=O)OC(C)C)cc2)c1C. The highest BCUT2D eigenvalue weighted by Gasteiger charge is 2.22. The first-order valence-electron chi connectivity index (χ1n) is 12.2. The molecule has 0 atom stereocenters. The smallest absolute Gasteiger partial charge is 0.379 e. The van der Waals surface area contributed by atoms with Gasteiger partial charge in [0, 0.05) is 23.8 Å². The van der Waals surface area contributed by atoms with Gasteiger partial charge in [-0.1, -0.05) is 54.6 Å². The van der Waals surface area contributed by atoms with E-state index in [-0.39, 0.29) is 18.7 Å². The third-order valence-electron chi connectivity index (χ3n) is 5.61. The van der Waals surface area contributed by atoms with Crippen molar-refractivity contribution in [1.29, 1.82) is 0 Å². The van der Waals surface area contributed by atoms with E-state index >= 15 is 0 Å². The first kappa shape index (κ1) is 28.0. The normalized spacial score (nSPS) is 11.3. The van der Waals surface area contributed by atoms with Crippen LogP contribution in [-0.2, 0) is 32.0 Å². The van der Waals surface area contributed by atoms with E-state index in [1.165, 1.54) is 4.57 Å². The molecule has 0 bridgehead atoms. The largest absolute Gasteiger partial charge is 0.507 e. The third-order valence-corrected chi connectivity index (χ3v) is 5.61. The lowest BCUT2D eigenvalue weighted by atomic mass is 10.0. The number of aliphatic hydroxyl groups excluding tert-OH is 1. The van der Waals surface area contributed by atoms with Crippen LogP contribution in [0.3, 0.4) is 0 Å². The van der Waals surface area contributed by atoms with Crippen molar-refractivity contribution < 1.29 is 29.0 Å². The van der Waals surface area contributed by atoms with Crippen molar-refractivity contribution in [2.75, 3.05) is 6.61 Å². The Kier molecular flexibility index (Phi) is 9.32. The molecule has 9 nitrogen and oxygen atoms in total. The molecule has 9 heteroatoms. The Morgan fingerprint density at radius 2 is 1.68 bits per heavy atom. The van der Waals surface area contributed by atoms with Gasteiger partial charge in [-0.15, -0.1) is 0 Å². The van der Waals surface area contributed by atoms with Crippen LogP contribution in [0.5, 0.6) is 0 Å². The highest BCUT2D eigenvalue weighted by atomic mass is 16.5. The van der Waals surface area contributed by atoms with Crippen LogP contribution in [0.25, 0.3) is 5.76 Å². The average molecular weight is 519 g/mol. The number of nitrogens with zero attached hydrogens (tertiary/aromatic N) is 2. The Morgan fingerprint density at radius 1 is 1.03 bits per heavy atom. The summed E-state index contributed by atoms with van der Waals surface area (Å²) in [6.07, 6.45) is 0.643. The first-order valence-corrected chi connectivity index (χ1v) is 12.2. The van der Waals surface area contributed by atoms with E-state index in [4.69, 9.17) is 9.47 Å². The van der Waals surface area contributed by atoms with Crippen LogP contribution in [0, 0.1) is 6.92 Å². The van der Waals surface area contributed by atoms with E-state index in [2.05, 4.69) is 4.98 Å². The lowest BCUT2D eigenvalue weighted by molar-refractivity contribution is -0.154. The molecule has 0 aliphatic heterocycles. The molecule has 1 aromatic heterocycles. The van der Waals surface area contributed by atoms with Crippen molar-refractivity contribution >= 4 is 23.5 Å². The predicted molar refractivity (Wildman–Crippen MR) is 141 cm³/mol. The van der Waals surface area contributed by atoms with E-state index in [9.17, 15) is 24.3 Å². The van der Waals surface area contributed by atoms with Gasteiger partial charge in [0.05, 0.1) is 24.9 Å². The van der Waals surface area contributed by atoms with Crippen LogP contribution in [0.15, 0.2) is 65.5 Å². The summed E-state index contributed by atoms with van der Waals surface area (Å²) in [4.78, 5) is 53.7. The molecule has 3 rings (SSSR count). The molecule has 0 amide bonds. The molecule has 1 heterocycles. The van der Waals surface area contributed by atoms with Crippen molar-refractivity contribution in [3.8, 4) is 0 Å². The lowest BCUT2D eigenvalue weighted by Crippen LogP contribution is -2.31. The van der Waals surface area contributed by atoms with Gasteiger partial charge in [-0.05, 0) is 38.8 Å². The standard InChI is InChI=1S/C29H30N2O7/c1-5-37-28(35)26-19(4)31(29(36)30-23(26)15-20-9-7-6-8-10-20)17-21-11-13-22(14-12-21)24(32)16-25(33)27(34)38-18(2)3/h6-14,16,18,32H,5,15,17H2,1-4H3. The number of ether oxygens (including phenoxy) is 2. The Balaban J connectivity index is 1.89. The molecule has 0 radical (unpaired) electrons. The molecule has 0 spiro atoms. The van der Waals surface area contributed by atoms with Crippen LogP contribution in [0.1, 0.15) is 59.2 Å². The highest BCUT2D eigenvalue weighted by molar-refractivity contribution is 6.39. The van der Waals surface area contributed by atoms with E-state index in [0.29, 0.717) is 28.9 Å². The summed E-state index contributed by atoms with van der Waals surface area (Å²) >= 11 is 0. The maximum Gasteiger partial charge on any atom is 0.379 e.